The molecule has 3 heterocycles. The highest BCUT2D eigenvalue weighted by molar-refractivity contribution is 5.96. The van der Waals surface area contributed by atoms with Gasteiger partial charge >= 0.3 is 0 Å². The summed E-state index contributed by atoms with van der Waals surface area (Å²) in [7, 11) is 0. The molecule has 1 atom stereocenters. The zero-order chi connectivity index (χ0) is 16.6. The minimum Gasteiger partial charge on any atom is -0.345 e. The molecule has 1 aromatic carbocycles. The van der Waals surface area contributed by atoms with Crippen molar-refractivity contribution >= 4 is 5.91 Å². The van der Waals surface area contributed by atoms with Gasteiger partial charge in [-0.3, -0.25) is 14.7 Å². The summed E-state index contributed by atoms with van der Waals surface area (Å²) in [6.07, 6.45) is 2.98. The van der Waals surface area contributed by atoms with Gasteiger partial charge in [0.05, 0.1) is 11.2 Å². The van der Waals surface area contributed by atoms with Crippen LogP contribution in [0.1, 0.15) is 40.2 Å². The smallest absolute Gasteiger partial charge is 0.252 e. The van der Waals surface area contributed by atoms with Crippen LogP contribution in [0.2, 0.25) is 0 Å². The number of carbonyl (C=O) groups excluding carboxylic acids is 1. The number of carbonyl (C=O) groups is 1. The third-order valence-electron chi connectivity index (χ3n) is 5.28. The average Bonchev–Trinajstić information content (AvgIpc) is 2.89. The minimum atomic E-state index is -0.0973. The van der Waals surface area contributed by atoms with Crippen LogP contribution < -0.4 is 5.32 Å². The molecule has 2 aliphatic rings. The lowest BCUT2D eigenvalue weighted by Crippen LogP contribution is -2.49. The van der Waals surface area contributed by atoms with Gasteiger partial charge in [0.2, 0.25) is 0 Å². The van der Waals surface area contributed by atoms with Crippen molar-refractivity contribution in [3.8, 4) is 0 Å². The summed E-state index contributed by atoms with van der Waals surface area (Å²) in [6, 6.07) is 14.2. The third kappa shape index (κ3) is 2.94. The van der Waals surface area contributed by atoms with Crippen LogP contribution >= 0.6 is 0 Å². The van der Waals surface area contributed by atoms with Crippen LogP contribution in [0.5, 0.6) is 0 Å². The van der Waals surface area contributed by atoms with Crippen LogP contribution in [0.4, 0.5) is 0 Å². The number of aryl methyl sites for hydroxylation is 2. The molecule has 1 amide bonds. The molecule has 1 unspecified atom stereocenters. The highest BCUT2D eigenvalue weighted by atomic mass is 16.1. The first-order valence-electron chi connectivity index (χ1n) is 8.69. The molecule has 1 fully saturated rings. The van der Waals surface area contributed by atoms with Crippen molar-refractivity contribution in [2.45, 2.75) is 38.3 Å². The second kappa shape index (κ2) is 6.02. The van der Waals surface area contributed by atoms with E-state index >= 15 is 0 Å². The van der Waals surface area contributed by atoms with Crippen molar-refractivity contribution in [3.05, 3.63) is 65.0 Å². The molecule has 4 nitrogen and oxygen atoms in total. The Labute approximate surface area is 142 Å². The van der Waals surface area contributed by atoms with Gasteiger partial charge in [0.1, 0.15) is 0 Å². The Hall–Kier alpha value is -2.20. The predicted molar refractivity (Wildman–Crippen MR) is 93.8 cm³/mol. The van der Waals surface area contributed by atoms with Crippen LogP contribution in [-0.2, 0) is 13.0 Å². The van der Waals surface area contributed by atoms with E-state index in [-0.39, 0.29) is 11.4 Å². The Balaban J connectivity index is 1.49. The molecule has 1 saturated heterocycles. The van der Waals surface area contributed by atoms with E-state index in [1.54, 1.807) is 0 Å². The Morgan fingerprint density at radius 2 is 2.04 bits per heavy atom. The summed E-state index contributed by atoms with van der Waals surface area (Å²) in [5.41, 5.74) is 4.08. The summed E-state index contributed by atoms with van der Waals surface area (Å²) >= 11 is 0. The molecule has 1 aromatic heterocycles. The molecule has 24 heavy (non-hydrogen) atoms. The first-order valence-corrected chi connectivity index (χ1v) is 8.69. The SMILES string of the molecule is Cc1cccc(CN2CCC3(CCc4ccccc4C(=O)N3)C2)n1. The molecule has 0 bridgehead atoms. The van der Waals surface area contributed by atoms with Crippen molar-refractivity contribution in [1.29, 1.82) is 0 Å². The minimum absolute atomic E-state index is 0.0821. The fourth-order valence-electron chi connectivity index (χ4n) is 4.02. The zero-order valence-corrected chi connectivity index (χ0v) is 14.1. The maximum Gasteiger partial charge on any atom is 0.252 e. The van der Waals surface area contributed by atoms with Crippen LogP contribution in [0.15, 0.2) is 42.5 Å². The van der Waals surface area contributed by atoms with E-state index in [9.17, 15) is 4.79 Å². The summed E-state index contributed by atoms with van der Waals surface area (Å²) in [5.74, 6) is 0.0821. The number of rotatable bonds is 2. The van der Waals surface area contributed by atoms with Crippen molar-refractivity contribution in [1.82, 2.24) is 15.2 Å². The number of benzene rings is 1. The first-order chi connectivity index (χ1) is 11.6. The maximum atomic E-state index is 12.6. The summed E-state index contributed by atoms with van der Waals surface area (Å²) in [5, 5.41) is 3.34. The van der Waals surface area contributed by atoms with E-state index in [1.807, 2.05) is 31.2 Å². The molecule has 2 aliphatic heterocycles. The van der Waals surface area contributed by atoms with Gasteiger partial charge in [0.25, 0.3) is 5.91 Å². The van der Waals surface area contributed by atoms with Crippen molar-refractivity contribution in [2.24, 2.45) is 0 Å². The quantitative estimate of drug-likeness (QED) is 0.925. The Bertz CT molecular complexity index is 773. The molecule has 1 spiro atoms. The number of likely N-dealkylation sites (tertiary alicyclic amines) is 1. The molecule has 124 valence electrons. The van der Waals surface area contributed by atoms with Crippen LogP contribution in [-0.4, -0.2) is 34.4 Å². The largest absolute Gasteiger partial charge is 0.345 e. The monoisotopic (exact) mass is 321 g/mol. The lowest BCUT2D eigenvalue weighted by molar-refractivity contribution is 0.0902. The molecule has 4 heteroatoms. The molecule has 4 rings (SSSR count). The van der Waals surface area contributed by atoms with Gasteiger partial charge in [0, 0.05) is 30.9 Å². The molecule has 2 aromatic rings. The fourth-order valence-corrected chi connectivity index (χ4v) is 4.02. The molecule has 0 radical (unpaired) electrons. The maximum absolute atomic E-state index is 12.6. The van der Waals surface area contributed by atoms with Crippen LogP contribution in [0.3, 0.4) is 0 Å². The first kappa shape index (κ1) is 15.3. The van der Waals surface area contributed by atoms with E-state index in [4.69, 9.17) is 0 Å². The number of aromatic nitrogens is 1. The Morgan fingerprint density at radius 3 is 2.92 bits per heavy atom. The number of hydrogen-bond acceptors (Lipinski definition) is 3. The number of amides is 1. The molecule has 0 saturated carbocycles. The summed E-state index contributed by atoms with van der Waals surface area (Å²) in [4.78, 5) is 19.7. The normalized spacial score (nSPS) is 23.8. The standard InChI is InChI=1S/C20H23N3O/c1-15-5-4-7-17(21-15)13-23-12-11-20(14-23)10-9-16-6-2-3-8-18(16)19(24)22-20/h2-8H,9-14H2,1H3,(H,22,24). The Morgan fingerprint density at radius 1 is 1.17 bits per heavy atom. The van der Waals surface area contributed by atoms with Crippen LogP contribution in [0.25, 0.3) is 0 Å². The second-order valence-corrected chi connectivity index (χ2v) is 7.12. The third-order valence-corrected chi connectivity index (χ3v) is 5.28. The van der Waals surface area contributed by atoms with E-state index in [0.717, 1.165) is 55.8 Å². The molecule has 0 aliphatic carbocycles. The molecular formula is C20H23N3O. The molecular weight excluding hydrogens is 298 g/mol. The van der Waals surface area contributed by atoms with E-state index in [2.05, 4.69) is 33.4 Å². The predicted octanol–water partition coefficient (Wildman–Crippen LogP) is 2.71. The Kier molecular flexibility index (Phi) is 3.85. The van der Waals surface area contributed by atoms with E-state index in [1.165, 1.54) is 5.56 Å². The second-order valence-electron chi connectivity index (χ2n) is 7.12. The lowest BCUT2D eigenvalue weighted by atomic mass is 9.91. The highest BCUT2D eigenvalue weighted by Gasteiger charge is 2.41. The van der Waals surface area contributed by atoms with Gasteiger partial charge in [-0.05, 0) is 49.9 Å². The van der Waals surface area contributed by atoms with E-state index in [0.29, 0.717) is 0 Å². The van der Waals surface area contributed by atoms with Gasteiger partial charge in [0.15, 0.2) is 0 Å². The number of nitrogens with zero attached hydrogens (tertiary/aromatic N) is 2. The zero-order valence-electron chi connectivity index (χ0n) is 14.1. The van der Waals surface area contributed by atoms with Crippen molar-refractivity contribution in [3.63, 3.8) is 0 Å². The van der Waals surface area contributed by atoms with Gasteiger partial charge in [-0.2, -0.15) is 0 Å². The number of pyridine rings is 1. The van der Waals surface area contributed by atoms with Gasteiger partial charge in [-0.1, -0.05) is 24.3 Å². The van der Waals surface area contributed by atoms with Gasteiger partial charge < -0.3 is 5.32 Å². The van der Waals surface area contributed by atoms with Crippen LogP contribution in [0, 0.1) is 6.92 Å². The van der Waals surface area contributed by atoms with Gasteiger partial charge in [-0.15, -0.1) is 0 Å². The average molecular weight is 321 g/mol. The van der Waals surface area contributed by atoms with Crippen molar-refractivity contribution in [2.75, 3.05) is 13.1 Å². The number of hydrogen-bond donors (Lipinski definition) is 1. The topological polar surface area (TPSA) is 45.2 Å². The van der Waals surface area contributed by atoms with Crippen molar-refractivity contribution < 1.29 is 4.79 Å². The lowest BCUT2D eigenvalue weighted by Gasteiger charge is -2.29. The highest BCUT2D eigenvalue weighted by Crippen LogP contribution is 2.31. The number of nitrogens with one attached hydrogen (secondary N) is 1. The summed E-state index contributed by atoms with van der Waals surface area (Å²) in [6.45, 7) is 4.79. The fraction of sp³-hybridized carbons (Fsp3) is 0.400. The van der Waals surface area contributed by atoms with Gasteiger partial charge in [-0.25, -0.2) is 0 Å². The number of fused-ring (bicyclic) bond motifs is 1. The van der Waals surface area contributed by atoms with E-state index < -0.39 is 0 Å². The molecule has 1 N–H and O–H groups in total. The summed E-state index contributed by atoms with van der Waals surface area (Å²) < 4.78 is 0.